The van der Waals surface area contributed by atoms with Gasteiger partial charge >= 0.3 is 0 Å². The van der Waals surface area contributed by atoms with Crippen molar-refractivity contribution in [1.82, 2.24) is 0 Å². The molecule has 9 rings (SSSR count). The largest absolute Gasteiger partial charge is 0.311 e. The quantitative estimate of drug-likeness (QED) is 0.154. The molecule has 1 aliphatic rings. The monoisotopic (exact) mass is 724 g/mol. The highest BCUT2D eigenvalue weighted by atomic mass is 15.1. The predicted molar refractivity (Wildman–Crippen MR) is 239 cm³/mol. The van der Waals surface area contributed by atoms with Crippen LogP contribution in [0.5, 0.6) is 0 Å². The van der Waals surface area contributed by atoms with Crippen LogP contribution in [0.4, 0.5) is 34.1 Å². The molecule has 0 radical (unpaired) electrons. The lowest BCUT2D eigenvalue weighted by molar-refractivity contribution is 0.332. The second-order valence-corrected chi connectivity index (χ2v) is 16.5. The zero-order valence-corrected chi connectivity index (χ0v) is 32.8. The van der Waals surface area contributed by atoms with Gasteiger partial charge in [-0.2, -0.15) is 0 Å². The normalized spacial score (nSPS) is 14.2. The minimum atomic E-state index is 0.136. The van der Waals surface area contributed by atoms with Gasteiger partial charge in [-0.15, -0.1) is 0 Å². The van der Waals surface area contributed by atoms with E-state index >= 15 is 0 Å². The molecule has 0 spiro atoms. The van der Waals surface area contributed by atoms with E-state index in [9.17, 15) is 0 Å². The standard InChI is InChI=1S/C54H48N2/c1-53(2)35-36-54(3,4)52-38-50(33-34-51(52)53)56(46-17-9-6-10-18-46)49-29-23-41(24-30-49)40-21-27-47(28-22-40)55(45-15-7-5-8-16-45)48-31-25-42(26-32-48)44-20-19-39-13-11-12-14-43(39)37-44/h5-34,37-38H,35-36H2,1-4H3. The maximum Gasteiger partial charge on any atom is 0.0464 e. The van der Waals surface area contributed by atoms with Crippen molar-refractivity contribution in [1.29, 1.82) is 0 Å². The van der Waals surface area contributed by atoms with Gasteiger partial charge in [0.1, 0.15) is 0 Å². The van der Waals surface area contributed by atoms with Gasteiger partial charge in [0.25, 0.3) is 0 Å². The molecule has 0 N–H and O–H groups in total. The summed E-state index contributed by atoms with van der Waals surface area (Å²) in [6, 6.07) is 70.7. The number of rotatable bonds is 8. The summed E-state index contributed by atoms with van der Waals surface area (Å²) in [5.41, 5.74) is 14.9. The Morgan fingerprint density at radius 1 is 0.304 bits per heavy atom. The van der Waals surface area contributed by atoms with Gasteiger partial charge in [-0.3, -0.25) is 0 Å². The van der Waals surface area contributed by atoms with Crippen molar-refractivity contribution >= 4 is 44.9 Å². The first-order valence-electron chi connectivity index (χ1n) is 19.9. The Hall–Kier alpha value is -6.38. The molecule has 1 aliphatic carbocycles. The van der Waals surface area contributed by atoms with Crippen molar-refractivity contribution in [2.24, 2.45) is 0 Å². The number of para-hydroxylation sites is 2. The minimum Gasteiger partial charge on any atom is -0.311 e. The maximum absolute atomic E-state index is 2.45. The molecule has 0 aromatic heterocycles. The lowest BCUT2D eigenvalue weighted by Crippen LogP contribution is -2.34. The van der Waals surface area contributed by atoms with Gasteiger partial charge in [0.2, 0.25) is 0 Å². The molecule has 0 bridgehead atoms. The van der Waals surface area contributed by atoms with Gasteiger partial charge in [-0.05, 0) is 147 Å². The molecule has 56 heavy (non-hydrogen) atoms. The summed E-state index contributed by atoms with van der Waals surface area (Å²) in [4.78, 5) is 4.73. The number of anilines is 6. The highest BCUT2D eigenvalue weighted by molar-refractivity contribution is 5.88. The topological polar surface area (TPSA) is 6.48 Å². The second-order valence-electron chi connectivity index (χ2n) is 16.5. The SMILES string of the molecule is CC1(C)CCC(C)(C)c2cc(N(c3ccccc3)c3ccc(-c4ccc(N(c5ccccc5)c5ccc(-c6ccc7ccccc7c6)cc5)cc4)cc3)ccc21. The zero-order valence-electron chi connectivity index (χ0n) is 32.8. The van der Waals surface area contributed by atoms with Crippen LogP contribution in [0.25, 0.3) is 33.0 Å². The first-order chi connectivity index (χ1) is 27.2. The molecule has 0 saturated heterocycles. The van der Waals surface area contributed by atoms with Gasteiger partial charge in [0.05, 0.1) is 0 Å². The van der Waals surface area contributed by atoms with E-state index in [-0.39, 0.29) is 10.8 Å². The van der Waals surface area contributed by atoms with E-state index in [4.69, 9.17) is 0 Å². The lowest BCUT2D eigenvalue weighted by atomic mass is 9.63. The van der Waals surface area contributed by atoms with E-state index in [2.05, 4.69) is 232 Å². The first kappa shape index (κ1) is 35.3. The summed E-state index contributed by atoms with van der Waals surface area (Å²) >= 11 is 0. The molecule has 0 aliphatic heterocycles. The summed E-state index contributed by atoms with van der Waals surface area (Å²) in [7, 11) is 0. The Labute approximate surface area is 332 Å². The van der Waals surface area contributed by atoms with Crippen molar-refractivity contribution in [2.75, 3.05) is 9.80 Å². The van der Waals surface area contributed by atoms with Crippen LogP contribution < -0.4 is 9.80 Å². The molecular weight excluding hydrogens is 677 g/mol. The summed E-state index contributed by atoms with van der Waals surface area (Å²) in [5.74, 6) is 0. The van der Waals surface area contributed by atoms with E-state index in [0.717, 1.165) is 28.4 Å². The molecule has 0 saturated carbocycles. The molecule has 0 heterocycles. The summed E-state index contributed by atoms with van der Waals surface area (Å²) in [6.45, 7) is 9.59. The van der Waals surface area contributed by atoms with Crippen molar-refractivity contribution < 1.29 is 0 Å². The summed E-state index contributed by atoms with van der Waals surface area (Å²) in [5, 5.41) is 2.51. The van der Waals surface area contributed by atoms with Crippen molar-refractivity contribution in [2.45, 2.75) is 51.4 Å². The van der Waals surface area contributed by atoms with Gasteiger partial charge in [0.15, 0.2) is 0 Å². The summed E-state index contributed by atoms with van der Waals surface area (Å²) in [6.07, 6.45) is 2.40. The Morgan fingerprint density at radius 2 is 0.679 bits per heavy atom. The van der Waals surface area contributed by atoms with Crippen LogP contribution in [-0.2, 0) is 10.8 Å². The van der Waals surface area contributed by atoms with Gasteiger partial charge < -0.3 is 9.80 Å². The fourth-order valence-electron chi connectivity index (χ4n) is 8.54. The van der Waals surface area contributed by atoms with Crippen LogP contribution in [0.3, 0.4) is 0 Å². The first-order valence-corrected chi connectivity index (χ1v) is 19.9. The minimum absolute atomic E-state index is 0.136. The molecule has 0 atom stereocenters. The van der Waals surface area contributed by atoms with Crippen LogP contribution in [0.1, 0.15) is 51.7 Å². The van der Waals surface area contributed by atoms with Gasteiger partial charge in [-0.25, -0.2) is 0 Å². The van der Waals surface area contributed by atoms with Crippen LogP contribution in [-0.4, -0.2) is 0 Å². The smallest absolute Gasteiger partial charge is 0.0464 e. The van der Waals surface area contributed by atoms with Gasteiger partial charge in [0, 0.05) is 34.1 Å². The number of fused-ring (bicyclic) bond motifs is 2. The Kier molecular flexibility index (Phi) is 9.06. The van der Waals surface area contributed by atoms with E-state index in [1.807, 2.05) is 0 Å². The zero-order chi connectivity index (χ0) is 38.3. The van der Waals surface area contributed by atoms with Crippen LogP contribution in [0.15, 0.2) is 194 Å². The molecule has 2 heteroatoms. The van der Waals surface area contributed by atoms with Gasteiger partial charge in [-0.1, -0.05) is 143 Å². The number of hydrogen-bond donors (Lipinski definition) is 0. The van der Waals surface area contributed by atoms with E-state index in [0.29, 0.717) is 0 Å². The maximum atomic E-state index is 2.45. The molecule has 8 aromatic carbocycles. The number of hydrogen-bond acceptors (Lipinski definition) is 2. The second kappa shape index (κ2) is 14.4. The fourth-order valence-corrected chi connectivity index (χ4v) is 8.54. The third-order valence-electron chi connectivity index (χ3n) is 11.9. The molecule has 0 amide bonds. The third-order valence-corrected chi connectivity index (χ3v) is 11.9. The molecule has 0 fully saturated rings. The average Bonchev–Trinajstić information content (AvgIpc) is 3.24. The van der Waals surface area contributed by atoms with Crippen LogP contribution in [0.2, 0.25) is 0 Å². The Balaban J connectivity index is 1.02. The number of benzene rings is 8. The number of nitrogens with zero attached hydrogens (tertiary/aromatic N) is 2. The van der Waals surface area contributed by atoms with Crippen molar-refractivity contribution in [3.8, 4) is 22.3 Å². The van der Waals surface area contributed by atoms with E-state index < -0.39 is 0 Å². The summed E-state index contributed by atoms with van der Waals surface area (Å²) < 4.78 is 0. The average molecular weight is 725 g/mol. The van der Waals surface area contributed by atoms with Crippen LogP contribution in [0, 0.1) is 0 Å². The van der Waals surface area contributed by atoms with Crippen molar-refractivity contribution in [3.63, 3.8) is 0 Å². The Bertz CT molecular complexity index is 2600. The highest BCUT2D eigenvalue weighted by Gasteiger charge is 2.37. The fraction of sp³-hybridized carbons (Fsp3) is 0.148. The highest BCUT2D eigenvalue weighted by Crippen LogP contribution is 2.48. The van der Waals surface area contributed by atoms with E-state index in [1.165, 1.54) is 62.7 Å². The third kappa shape index (κ3) is 6.77. The Morgan fingerprint density at radius 3 is 1.20 bits per heavy atom. The molecule has 8 aromatic rings. The molecule has 0 unspecified atom stereocenters. The molecular formula is C54H48N2. The molecule has 2 nitrogen and oxygen atoms in total. The molecule has 274 valence electrons. The predicted octanol–water partition coefficient (Wildman–Crippen LogP) is 15.5. The van der Waals surface area contributed by atoms with Crippen LogP contribution >= 0.6 is 0 Å². The van der Waals surface area contributed by atoms with Crippen molar-refractivity contribution in [3.05, 3.63) is 205 Å². The lowest BCUT2D eigenvalue weighted by Gasteiger charge is -2.42. The van der Waals surface area contributed by atoms with E-state index in [1.54, 1.807) is 0 Å².